The maximum atomic E-state index is 11.0. The molecule has 0 saturated carbocycles. The lowest BCUT2D eigenvalue weighted by Gasteiger charge is -2.09. The lowest BCUT2D eigenvalue weighted by molar-refractivity contribution is -0.142. The minimum atomic E-state index is -0.416. The van der Waals surface area contributed by atoms with Crippen molar-refractivity contribution in [3.05, 3.63) is 60.2 Å². The summed E-state index contributed by atoms with van der Waals surface area (Å²) < 4.78 is 15.5. The van der Waals surface area contributed by atoms with Crippen LogP contribution in [0.3, 0.4) is 0 Å². The zero-order valence-electron chi connectivity index (χ0n) is 11.2. The third-order valence-electron chi connectivity index (χ3n) is 2.64. The van der Waals surface area contributed by atoms with Crippen LogP contribution >= 0.6 is 0 Å². The third kappa shape index (κ3) is 4.31. The molecule has 0 atom stereocenters. The molecule has 0 aliphatic carbocycles. The quantitative estimate of drug-likeness (QED) is 0.758. The molecule has 0 radical (unpaired) electrons. The molecule has 0 saturated heterocycles. The van der Waals surface area contributed by atoms with Crippen molar-refractivity contribution in [2.45, 2.75) is 6.61 Å². The molecule has 4 heteroatoms. The molecule has 0 aromatic heterocycles. The highest BCUT2D eigenvalue weighted by Crippen LogP contribution is 2.20. The van der Waals surface area contributed by atoms with Crippen LogP contribution in [0.4, 0.5) is 0 Å². The molecular formula is C16H16O4. The Kier molecular flexibility index (Phi) is 5.00. The van der Waals surface area contributed by atoms with Crippen molar-refractivity contribution in [2.75, 3.05) is 13.7 Å². The standard InChI is InChI=1S/C16H16O4/c1-18-16(17)12-20-15-9-5-8-14(10-15)19-11-13-6-3-2-4-7-13/h2-10H,11-12H2,1H3. The normalized spacial score (nSPS) is 9.85. The van der Waals surface area contributed by atoms with Crippen molar-refractivity contribution in [1.82, 2.24) is 0 Å². The van der Waals surface area contributed by atoms with Gasteiger partial charge in [0.15, 0.2) is 6.61 Å². The number of methoxy groups -OCH3 is 1. The first kappa shape index (κ1) is 13.9. The number of ether oxygens (including phenoxy) is 3. The van der Waals surface area contributed by atoms with Gasteiger partial charge in [0.2, 0.25) is 0 Å². The number of hydrogen-bond donors (Lipinski definition) is 0. The zero-order valence-corrected chi connectivity index (χ0v) is 11.2. The Morgan fingerprint density at radius 3 is 2.35 bits per heavy atom. The van der Waals surface area contributed by atoms with Crippen molar-refractivity contribution in [3.8, 4) is 11.5 Å². The minimum Gasteiger partial charge on any atom is -0.489 e. The highest BCUT2D eigenvalue weighted by molar-refractivity contribution is 5.70. The Morgan fingerprint density at radius 1 is 0.950 bits per heavy atom. The van der Waals surface area contributed by atoms with Gasteiger partial charge in [-0.25, -0.2) is 4.79 Å². The fourth-order valence-electron chi connectivity index (χ4n) is 1.60. The molecule has 0 unspecified atom stereocenters. The molecule has 4 nitrogen and oxygen atoms in total. The van der Waals surface area contributed by atoms with E-state index in [4.69, 9.17) is 9.47 Å². The predicted molar refractivity (Wildman–Crippen MR) is 74.7 cm³/mol. The molecule has 0 fully saturated rings. The molecule has 2 aromatic carbocycles. The van der Waals surface area contributed by atoms with Crippen LogP contribution in [-0.2, 0) is 16.1 Å². The topological polar surface area (TPSA) is 44.8 Å². The second-order valence-corrected chi connectivity index (χ2v) is 4.11. The fraction of sp³-hybridized carbons (Fsp3) is 0.188. The van der Waals surface area contributed by atoms with E-state index in [0.717, 1.165) is 5.56 Å². The van der Waals surface area contributed by atoms with E-state index in [1.165, 1.54) is 7.11 Å². The van der Waals surface area contributed by atoms with Crippen LogP contribution in [0.1, 0.15) is 5.56 Å². The monoisotopic (exact) mass is 272 g/mol. The second-order valence-electron chi connectivity index (χ2n) is 4.11. The van der Waals surface area contributed by atoms with Crippen LogP contribution in [0, 0.1) is 0 Å². The van der Waals surface area contributed by atoms with Crippen molar-refractivity contribution < 1.29 is 19.0 Å². The van der Waals surface area contributed by atoms with Crippen LogP contribution in [0.15, 0.2) is 54.6 Å². The Bertz CT molecular complexity index is 551. The maximum Gasteiger partial charge on any atom is 0.343 e. The van der Waals surface area contributed by atoms with Gasteiger partial charge in [-0.05, 0) is 17.7 Å². The lowest BCUT2D eigenvalue weighted by Crippen LogP contribution is -2.12. The predicted octanol–water partition coefficient (Wildman–Crippen LogP) is 2.82. The van der Waals surface area contributed by atoms with Gasteiger partial charge in [0, 0.05) is 6.07 Å². The highest BCUT2D eigenvalue weighted by atomic mass is 16.6. The van der Waals surface area contributed by atoms with E-state index in [-0.39, 0.29) is 6.61 Å². The van der Waals surface area contributed by atoms with Crippen LogP contribution < -0.4 is 9.47 Å². The Balaban J connectivity index is 1.90. The van der Waals surface area contributed by atoms with E-state index in [2.05, 4.69) is 4.74 Å². The second kappa shape index (κ2) is 7.19. The van der Waals surface area contributed by atoms with Gasteiger partial charge in [0.25, 0.3) is 0 Å². The zero-order chi connectivity index (χ0) is 14.2. The van der Waals surface area contributed by atoms with Crippen LogP contribution in [-0.4, -0.2) is 19.7 Å². The molecule has 0 N–H and O–H groups in total. The lowest BCUT2D eigenvalue weighted by atomic mass is 10.2. The Morgan fingerprint density at radius 2 is 1.65 bits per heavy atom. The molecule has 0 bridgehead atoms. The van der Waals surface area contributed by atoms with E-state index in [0.29, 0.717) is 18.1 Å². The summed E-state index contributed by atoms with van der Waals surface area (Å²) in [5.74, 6) is 0.845. The highest BCUT2D eigenvalue weighted by Gasteiger charge is 2.03. The number of esters is 1. The van der Waals surface area contributed by atoms with Crippen LogP contribution in [0.5, 0.6) is 11.5 Å². The average molecular weight is 272 g/mol. The van der Waals surface area contributed by atoms with E-state index in [9.17, 15) is 4.79 Å². The molecule has 0 spiro atoms. The van der Waals surface area contributed by atoms with E-state index in [1.807, 2.05) is 42.5 Å². The molecule has 20 heavy (non-hydrogen) atoms. The molecule has 0 aliphatic rings. The Labute approximate surface area is 117 Å². The first-order chi connectivity index (χ1) is 9.78. The molecule has 0 aliphatic heterocycles. The van der Waals surface area contributed by atoms with E-state index >= 15 is 0 Å². The van der Waals surface area contributed by atoms with E-state index < -0.39 is 5.97 Å². The molecule has 104 valence electrons. The summed E-state index contributed by atoms with van der Waals surface area (Å²) >= 11 is 0. The smallest absolute Gasteiger partial charge is 0.343 e. The molecule has 2 rings (SSSR count). The fourth-order valence-corrected chi connectivity index (χ4v) is 1.60. The van der Waals surface area contributed by atoms with Crippen molar-refractivity contribution in [1.29, 1.82) is 0 Å². The summed E-state index contributed by atoms with van der Waals surface area (Å²) in [4.78, 5) is 11.0. The van der Waals surface area contributed by atoms with Gasteiger partial charge in [0.05, 0.1) is 7.11 Å². The number of benzene rings is 2. The third-order valence-corrected chi connectivity index (χ3v) is 2.64. The van der Waals surface area contributed by atoms with Gasteiger partial charge in [0.1, 0.15) is 18.1 Å². The van der Waals surface area contributed by atoms with Crippen molar-refractivity contribution in [3.63, 3.8) is 0 Å². The first-order valence-corrected chi connectivity index (χ1v) is 6.24. The van der Waals surface area contributed by atoms with Crippen LogP contribution in [0.25, 0.3) is 0 Å². The molecule has 0 amide bonds. The molecular weight excluding hydrogens is 256 g/mol. The molecule has 2 aromatic rings. The van der Waals surface area contributed by atoms with Gasteiger partial charge in [-0.3, -0.25) is 0 Å². The Hall–Kier alpha value is -2.49. The van der Waals surface area contributed by atoms with Crippen molar-refractivity contribution in [2.24, 2.45) is 0 Å². The summed E-state index contributed by atoms with van der Waals surface area (Å²) in [5.41, 5.74) is 1.09. The number of carbonyl (C=O) groups is 1. The van der Waals surface area contributed by atoms with Crippen LogP contribution in [0.2, 0.25) is 0 Å². The van der Waals surface area contributed by atoms with Gasteiger partial charge >= 0.3 is 5.97 Å². The largest absolute Gasteiger partial charge is 0.489 e. The summed E-state index contributed by atoms with van der Waals surface area (Å²) in [6, 6.07) is 17.0. The average Bonchev–Trinajstić information content (AvgIpc) is 2.52. The van der Waals surface area contributed by atoms with E-state index in [1.54, 1.807) is 12.1 Å². The summed E-state index contributed by atoms with van der Waals surface area (Å²) in [6.07, 6.45) is 0. The van der Waals surface area contributed by atoms with Gasteiger partial charge in [-0.1, -0.05) is 36.4 Å². The SMILES string of the molecule is COC(=O)COc1cccc(OCc2ccccc2)c1. The van der Waals surface area contributed by atoms with Gasteiger partial charge < -0.3 is 14.2 Å². The summed E-state index contributed by atoms with van der Waals surface area (Å²) in [7, 11) is 1.32. The first-order valence-electron chi connectivity index (χ1n) is 6.24. The molecule has 0 heterocycles. The van der Waals surface area contributed by atoms with Gasteiger partial charge in [-0.15, -0.1) is 0 Å². The minimum absolute atomic E-state index is 0.112. The number of rotatable bonds is 6. The number of carbonyl (C=O) groups excluding carboxylic acids is 1. The maximum absolute atomic E-state index is 11.0. The van der Waals surface area contributed by atoms with Crippen molar-refractivity contribution >= 4 is 5.97 Å². The van der Waals surface area contributed by atoms with Gasteiger partial charge in [-0.2, -0.15) is 0 Å². The number of hydrogen-bond acceptors (Lipinski definition) is 4. The summed E-state index contributed by atoms with van der Waals surface area (Å²) in [6.45, 7) is 0.375. The summed E-state index contributed by atoms with van der Waals surface area (Å²) in [5, 5.41) is 0.